The molecule has 1 heterocycles. The molecule has 3 rings (SSSR count). The predicted molar refractivity (Wildman–Crippen MR) is 94.7 cm³/mol. The van der Waals surface area contributed by atoms with E-state index in [1.54, 1.807) is 43.3 Å². The van der Waals surface area contributed by atoms with Crippen LogP contribution in [0.5, 0.6) is 0 Å². The SMILES string of the molecule is CC(NC(=O)CSc1ccc(F)cc1)c1nc2ccccc2n1C(F)F. The molecule has 0 aliphatic heterocycles. The molecule has 0 saturated carbocycles. The first kappa shape index (κ1) is 18.3. The minimum Gasteiger partial charge on any atom is -0.346 e. The summed E-state index contributed by atoms with van der Waals surface area (Å²) < 4.78 is 40.6. The molecule has 1 amide bonds. The highest BCUT2D eigenvalue weighted by Crippen LogP contribution is 2.26. The number of benzene rings is 2. The normalized spacial score (nSPS) is 12.5. The summed E-state index contributed by atoms with van der Waals surface area (Å²) in [7, 11) is 0. The van der Waals surface area contributed by atoms with E-state index in [-0.39, 0.29) is 23.3 Å². The molecule has 0 saturated heterocycles. The summed E-state index contributed by atoms with van der Waals surface area (Å²) in [6, 6.07) is 11.7. The third-order valence-corrected chi connectivity index (χ3v) is 4.78. The molecular weight excluding hydrogens is 363 g/mol. The van der Waals surface area contributed by atoms with Crippen LogP contribution in [0.15, 0.2) is 53.4 Å². The number of rotatable bonds is 6. The molecule has 0 aliphatic rings. The number of aromatic nitrogens is 2. The van der Waals surface area contributed by atoms with E-state index < -0.39 is 12.6 Å². The van der Waals surface area contributed by atoms with Crippen LogP contribution in [-0.4, -0.2) is 21.2 Å². The van der Waals surface area contributed by atoms with Crippen molar-refractivity contribution in [3.63, 3.8) is 0 Å². The lowest BCUT2D eigenvalue weighted by atomic mass is 10.3. The lowest BCUT2D eigenvalue weighted by molar-refractivity contribution is -0.119. The maximum Gasteiger partial charge on any atom is 0.320 e. The molecule has 3 aromatic rings. The Morgan fingerprint density at radius 1 is 1.19 bits per heavy atom. The molecule has 4 nitrogen and oxygen atoms in total. The Bertz CT molecular complexity index is 912. The minimum atomic E-state index is -2.76. The van der Waals surface area contributed by atoms with Gasteiger partial charge >= 0.3 is 6.55 Å². The quantitative estimate of drug-likeness (QED) is 0.640. The summed E-state index contributed by atoms with van der Waals surface area (Å²) >= 11 is 1.24. The van der Waals surface area contributed by atoms with Crippen LogP contribution in [0, 0.1) is 5.82 Å². The van der Waals surface area contributed by atoms with Gasteiger partial charge in [0.1, 0.15) is 11.6 Å². The smallest absolute Gasteiger partial charge is 0.320 e. The number of alkyl halides is 2. The van der Waals surface area contributed by atoms with Gasteiger partial charge in [-0.1, -0.05) is 12.1 Å². The fourth-order valence-electron chi connectivity index (χ4n) is 2.60. The second-order valence-electron chi connectivity index (χ2n) is 5.64. The fourth-order valence-corrected chi connectivity index (χ4v) is 3.31. The van der Waals surface area contributed by atoms with Gasteiger partial charge in [0.05, 0.1) is 22.8 Å². The Morgan fingerprint density at radius 3 is 2.58 bits per heavy atom. The van der Waals surface area contributed by atoms with Crippen molar-refractivity contribution in [2.45, 2.75) is 24.4 Å². The van der Waals surface area contributed by atoms with Gasteiger partial charge in [-0.2, -0.15) is 8.78 Å². The highest BCUT2D eigenvalue weighted by Gasteiger charge is 2.22. The molecule has 136 valence electrons. The van der Waals surface area contributed by atoms with Crippen molar-refractivity contribution in [3.8, 4) is 0 Å². The standard InChI is InChI=1S/C18H16F3N3OS/c1-11(22-16(25)10-26-13-8-6-12(19)7-9-13)17-23-14-4-2-3-5-15(14)24(17)18(20)21/h2-9,11,18H,10H2,1H3,(H,22,25). The van der Waals surface area contributed by atoms with Crippen molar-refractivity contribution < 1.29 is 18.0 Å². The van der Waals surface area contributed by atoms with Gasteiger partial charge in [0.25, 0.3) is 0 Å². The van der Waals surface area contributed by atoms with Crippen molar-refractivity contribution >= 4 is 28.7 Å². The first-order valence-corrected chi connectivity index (χ1v) is 8.87. The lowest BCUT2D eigenvalue weighted by Crippen LogP contribution is -2.30. The molecular formula is C18H16F3N3OS. The van der Waals surface area contributed by atoms with E-state index in [0.29, 0.717) is 11.0 Å². The van der Waals surface area contributed by atoms with Crippen LogP contribution < -0.4 is 5.32 Å². The Hall–Kier alpha value is -2.48. The van der Waals surface area contributed by atoms with Crippen molar-refractivity contribution in [2.75, 3.05) is 5.75 Å². The molecule has 0 spiro atoms. The molecule has 1 N–H and O–H groups in total. The molecule has 26 heavy (non-hydrogen) atoms. The number of fused-ring (bicyclic) bond motifs is 1. The molecule has 0 fully saturated rings. The number of halogens is 3. The fraction of sp³-hybridized carbons (Fsp3) is 0.222. The second kappa shape index (κ2) is 7.82. The summed E-state index contributed by atoms with van der Waals surface area (Å²) in [5.74, 6) is -0.482. The van der Waals surface area contributed by atoms with Crippen molar-refractivity contribution in [3.05, 3.63) is 60.2 Å². The van der Waals surface area contributed by atoms with Crippen molar-refractivity contribution in [2.24, 2.45) is 0 Å². The first-order chi connectivity index (χ1) is 12.5. The van der Waals surface area contributed by atoms with Gasteiger partial charge in [-0.05, 0) is 43.3 Å². The average molecular weight is 379 g/mol. The zero-order valence-corrected chi connectivity index (χ0v) is 14.6. The zero-order chi connectivity index (χ0) is 18.7. The molecule has 2 aromatic carbocycles. The van der Waals surface area contributed by atoms with Gasteiger partial charge in [-0.15, -0.1) is 11.8 Å². The Labute approximate surface area is 152 Å². The van der Waals surface area contributed by atoms with Gasteiger partial charge in [-0.3, -0.25) is 9.36 Å². The van der Waals surface area contributed by atoms with Crippen LogP contribution in [0.1, 0.15) is 25.3 Å². The number of imidazole rings is 1. The van der Waals surface area contributed by atoms with E-state index in [2.05, 4.69) is 10.3 Å². The van der Waals surface area contributed by atoms with E-state index in [4.69, 9.17) is 0 Å². The summed E-state index contributed by atoms with van der Waals surface area (Å²) in [6.07, 6.45) is 0. The number of thioether (sulfide) groups is 1. The van der Waals surface area contributed by atoms with E-state index in [1.807, 2.05) is 0 Å². The summed E-state index contributed by atoms with van der Waals surface area (Å²) in [5, 5.41) is 2.68. The van der Waals surface area contributed by atoms with Crippen LogP contribution in [0.4, 0.5) is 13.2 Å². The molecule has 0 bridgehead atoms. The summed E-state index contributed by atoms with van der Waals surface area (Å²) in [6.45, 7) is -1.15. The third kappa shape index (κ3) is 4.01. The van der Waals surface area contributed by atoms with E-state index in [1.165, 1.54) is 23.9 Å². The number of hydrogen-bond acceptors (Lipinski definition) is 3. The predicted octanol–water partition coefficient (Wildman–Crippen LogP) is 4.54. The number of nitrogens with zero attached hydrogens (tertiary/aromatic N) is 2. The Balaban J connectivity index is 1.70. The topological polar surface area (TPSA) is 46.9 Å². The van der Waals surface area contributed by atoms with Gasteiger partial charge < -0.3 is 5.32 Å². The first-order valence-electron chi connectivity index (χ1n) is 7.88. The van der Waals surface area contributed by atoms with Gasteiger partial charge in [-0.25, -0.2) is 9.37 Å². The number of carbonyl (C=O) groups excluding carboxylic acids is 1. The number of para-hydroxylation sites is 2. The molecule has 1 unspecified atom stereocenters. The number of amides is 1. The monoisotopic (exact) mass is 379 g/mol. The van der Waals surface area contributed by atoms with Gasteiger partial charge in [0, 0.05) is 4.90 Å². The third-order valence-electron chi connectivity index (χ3n) is 3.77. The largest absolute Gasteiger partial charge is 0.346 e. The molecule has 0 aliphatic carbocycles. The maximum atomic E-state index is 13.5. The number of hydrogen-bond donors (Lipinski definition) is 1. The summed E-state index contributed by atoms with van der Waals surface area (Å²) in [4.78, 5) is 17.1. The second-order valence-corrected chi connectivity index (χ2v) is 6.69. The molecule has 0 radical (unpaired) electrons. The van der Waals surface area contributed by atoms with Gasteiger partial charge in [0.2, 0.25) is 5.91 Å². The van der Waals surface area contributed by atoms with Crippen LogP contribution in [0.25, 0.3) is 11.0 Å². The minimum absolute atomic E-state index is 0.0882. The van der Waals surface area contributed by atoms with Crippen molar-refractivity contribution in [1.29, 1.82) is 0 Å². The van der Waals surface area contributed by atoms with Crippen molar-refractivity contribution in [1.82, 2.24) is 14.9 Å². The average Bonchev–Trinajstić information content (AvgIpc) is 3.01. The Morgan fingerprint density at radius 2 is 1.88 bits per heavy atom. The van der Waals surface area contributed by atoms with Crippen LogP contribution >= 0.6 is 11.8 Å². The van der Waals surface area contributed by atoms with E-state index in [9.17, 15) is 18.0 Å². The van der Waals surface area contributed by atoms with Gasteiger partial charge in [0.15, 0.2) is 0 Å². The summed E-state index contributed by atoms with van der Waals surface area (Å²) in [5.41, 5.74) is 0.767. The zero-order valence-electron chi connectivity index (χ0n) is 13.8. The maximum absolute atomic E-state index is 13.5. The van der Waals surface area contributed by atoms with Crippen LogP contribution in [0.3, 0.4) is 0 Å². The van der Waals surface area contributed by atoms with E-state index in [0.717, 1.165) is 9.46 Å². The molecule has 8 heteroatoms. The highest BCUT2D eigenvalue weighted by molar-refractivity contribution is 8.00. The lowest BCUT2D eigenvalue weighted by Gasteiger charge is -2.15. The van der Waals surface area contributed by atoms with E-state index >= 15 is 0 Å². The molecule has 1 aromatic heterocycles. The number of carbonyl (C=O) groups is 1. The van der Waals surface area contributed by atoms with Crippen LogP contribution in [-0.2, 0) is 4.79 Å². The number of nitrogens with one attached hydrogen (secondary N) is 1. The van der Waals surface area contributed by atoms with Crippen LogP contribution in [0.2, 0.25) is 0 Å². The Kier molecular flexibility index (Phi) is 5.51. The highest BCUT2D eigenvalue weighted by atomic mass is 32.2. The molecule has 1 atom stereocenters.